The smallest absolute Gasteiger partial charge is 0.326 e. The minimum Gasteiger partial charge on any atom is -0.484 e. The van der Waals surface area contributed by atoms with E-state index in [2.05, 4.69) is 15.9 Å². The highest BCUT2D eigenvalue weighted by Gasteiger charge is 2.38. The van der Waals surface area contributed by atoms with Crippen LogP contribution in [0.5, 0.6) is 5.75 Å². The number of aliphatic carboxylic acids is 1. The monoisotopic (exact) mass is 343 g/mol. The minimum atomic E-state index is -1.11. The Kier molecular flexibility index (Phi) is 4.61. The highest BCUT2D eigenvalue weighted by Crippen LogP contribution is 2.20. The van der Waals surface area contributed by atoms with E-state index in [0.29, 0.717) is 5.75 Å². The van der Waals surface area contributed by atoms with Crippen LogP contribution in [0.3, 0.4) is 0 Å². The van der Waals surface area contributed by atoms with Crippen LogP contribution in [0.25, 0.3) is 0 Å². The summed E-state index contributed by atoms with van der Waals surface area (Å²) in [6, 6.07) is 6.02. The quantitative estimate of drug-likeness (QED) is 0.847. The van der Waals surface area contributed by atoms with Crippen LogP contribution in [0.4, 0.5) is 0 Å². The van der Waals surface area contributed by atoms with E-state index in [0.717, 1.165) is 9.37 Å². The van der Waals surface area contributed by atoms with E-state index in [1.807, 2.05) is 6.07 Å². The van der Waals surface area contributed by atoms with Crippen molar-refractivity contribution in [3.63, 3.8) is 0 Å². The number of aliphatic hydroxyl groups excluding tert-OH is 1. The van der Waals surface area contributed by atoms with Crippen molar-refractivity contribution in [1.29, 1.82) is 0 Å². The molecule has 20 heavy (non-hydrogen) atoms. The van der Waals surface area contributed by atoms with Gasteiger partial charge in [-0.3, -0.25) is 4.79 Å². The van der Waals surface area contributed by atoms with Crippen molar-refractivity contribution >= 4 is 27.8 Å². The Bertz CT molecular complexity index is 521. The molecule has 1 aromatic carbocycles. The maximum Gasteiger partial charge on any atom is 0.326 e. The molecule has 2 N–H and O–H groups in total. The summed E-state index contributed by atoms with van der Waals surface area (Å²) in [5.74, 6) is -1.05. The summed E-state index contributed by atoms with van der Waals surface area (Å²) < 4.78 is 6.15. The van der Waals surface area contributed by atoms with Crippen LogP contribution in [0.1, 0.15) is 6.42 Å². The van der Waals surface area contributed by atoms with Gasteiger partial charge >= 0.3 is 5.97 Å². The van der Waals surface area contributed by atoms with Crippen molar-refractivity contribution in [3.8, 4) is 5.75 Å². The van der Waals surface area contributed by atoms with Crippen LogP contribution in [-0.2, 0) is 9.59 Å². The van der Waals surface area contributed by atoms with E-state index in [4.69, 9.17) is 9.84 Å². The third-order valence-corrected chi connectivity index (χ3v) is 3.54. The topological polar surface area (TPSA) is 87.1 Å². The maximum atomic E-state index is 12.0. The molecule has 2 rings (SSSR count). The molecule has 0 saturated carbocycles. The van der Waals surface area contributed by atoms with Gasteiger partial charge in [0, 0.05) is 17.4 Å². The molecule has 2 atom stereocenters. The van der Waals surface area contributed by atoms with E-state index >= 15 is 0 Å². The number of carbonyl (C=O) groups is 2. The average molecular weight is 344 g/mol. The number of hydrogen-bond acceptors (Lipinski definition) is 4. The summed E-state index contributed by atoms with van der Waals surface area (Å²) in [7, 11) is 0. The number of aliphatic hydroxyl groups is 1. The molecule has 7 heteroatoms. The normalized spacial score (nSPS) is 21.8. The summed E-state index contributed by atoms with van der Waals surface area (Å²) in [6.45, 7) is -0.232. The van der Waals surface area contributed by atoms with E-state index in [1.54, 1.807) is 18.2 Å². The Balaban J connectivity index is 1.96. The fraction of sp³-hybridized carbons (Fsp3) is 0.385. The van der Waals surface area contributed by atoms with Crippen LogP contribution < -0.4 is 4.74 Å². The SMILES string of the molecule is O=C(O)[C@@H]1C[C@H](O)CN1C(=O)COc1cccc(Br)c1. The molecule has 1 aromatic rings. The second-order valence-corrected chi connectivity index (χ2v) is 5.45. The number of benzene rings is 1. The van der Waals surface area contributed by atoms with Gasteiger partial charge in [-0.1, -0.05) is 22.0 Å². The second-order valence-electron chi connectivity index (χ2n) is 4.54. The van der Waals surface area contributed by atoms with E-state index in [9.17, 15) is 14.7 Å². The first kappa shape index (κ1) is 14.8. The lowest BCUT2D eigenvalue weighted by Gasteiger charge is -2.21. The number of nitrogens with zero attached hydrogens (tertiary/aromatic N) is 1. The number of likely N-dealkylation sites (tertiary alicyclic amines) is 1. The summed E-state index contributed by atoms with van der Waals surface area (Å²) >= 11 is 3.29. The highest BCUT2D eigenvalue weighted by molar-refractivity contribution is 9.10. The molecule has 0 bridgehead atoms. The van der Waals surface area contributed by atoms with Gasteiger partial charge in [0.2, 0.25) is 0 Å². The number of hydrogen-bond donors (Lipinski definition) is 2. The molecule has 1 fully saturated rings. The van der Waals surface area contributed by atoms with Crippen LogP contribution in [0.2, 0.25) is 0 Å². The van der Waals surface area contributed by atoms with Crippen LogP contribution in [-0.4, -0.2) is 52.3 Å². The van der Waals surface area contributed by atoms with Crippen molar-refractivity contribution < 1.29 is 24.5 Å². The Morgan fingerprint density at radius 1 is 1.45 bits per heavy atom. The van der Waals surface area contributed by atoms with Gasteiger partial charge in [0.1, 0.15) is 11.8 Å². The third kappa shape index (κ3) is 3.49. The number of ether oxygens (including phenoxy) is 1. The molecule has 0 spiro atoms. The number of amides is 1. The fourth-order valence-corrected chi connectivity index (χ4v) is 2.49. The maximum absolute atomic E-state index is 12.0. The number of carboxylic acids is 1. The number of β-amino-alcohol motifs (C(OH)–C–C–N with tert-alkyl or cyclic N) is 1. The van der Waals surface area contributed by atoms with Crippen molar-refractivity contribution in [2.75, 3.05) is 13.2 Å². The fourth-order valence-electron chi connectivity index (χ4n) is 2.11. The van der Waals surface area contributed by atoms with Gasteiger partial charge in [-0.25, -0.2) is 4.79 Å². The number of carbonyl (C=O) groups excluding carboxylic acids is 1. The molecule has 0 unspecified atom stereocenters. The molecule has 0 aromatic heterocycles. The molecular formula is C13H14BrNO5. The first-order valence-electron chi connectivity index (χ1n) is 6.06. The molecule has 1 saturated heterocycles. The third-order valence-electron chi connectivity index (χ3n) is 3.04. The predicted molar refractivity (Wildman–Crippen MR) is 73.4 cm³/mol. The lowest BCUT2D eigenvalue weighted by Crippen LogP contribution is -2.42. The van der Waals surface area contributed by atoms with Crippen molar-refractivity contribution in [3.05, 3.63) is 28.7 Å². The van der Waals surface area contributed by atoms with E-state index in [-0.39, 0.29) is 19.6 Å². The zero-order valence-corrected chi connectivity index (χ0v) is 12.1. The zero-order valence-electron chi connectivity index (χ0n) is 10.5. The molecule has 108 valence electrons. The average Bonchev–Trinajstić information content (AvgIpc) is 2.78. The predicted octanol–water partition coefficient (Wildman–Crippen LogP) is 0.874. The van der Waals surface area contributed by atoms with E-state index < -0.39 is 24.0 Å². The molecule has 0 aliphatic carbocycles. The first-order chi connectivity index (χ1) is 9.47. The summed E-state index contributed by atoms with van der Waals surface area (Å²) in [4.78, 5) is 24.2. The molecule has 0 radical (unpaired) electrons. The second kappa shape index (κ2) is 6.23. The Morgan fingerprint density at radius 2 is 2.20 bits per heavy atom. The van der Waals surface area contributed by atoms with Crippen molar-refractivity contribution in [1.82, 2.24) is 4.90 Å². The molecule has 6 nitrogen and oxygen atoms in total. The van der Waals surface area contributed by atoms with Gasteiger partial charge in [0.15, 0.2) is 6.61 Å². The van der Waals surface area contributed by atoms with Crippen LogP contribution >= 0.6 is 15.9 Å². The summed E-state index contributed by atoms with van der Waals surface area (Å²) in [6.07, 6.45) is -0.747. The summed E-state index contributed by atoms with van der Waals surface area (Å²) in [5.41, 5.74) is 0. The lowest BCUT2D eigenvalue weighted by atomic mass is 10.2. The Hall–Kier alpha value is -1.60. The lowest BCUT2D eigenvalue weighted by molar-refractivity contribution is -0.148. The molecule has 1 aliphatic rings. The van der Waals surface area contributed by atoms with Crippen molar-refractivity contribution in [2.45, 2.75) is 18.6 Å². The molecule has 1 heterocycles. The minimum absolute atomic E-state index is 0.0254. The largest absolute Gasteiger partial charge is 0.484 e. The zero-order chi connectivity index (χ0) is 14.7. The number of halogens is 1. The standard InChI is InChI=1S/C13H14BrNO5/c14-8-2-1-3-10(4-8)20-7-12(17)15-6-9(16)5-11(15)13(18)19/h1-4,9,11,16H,5-7H2,(H,18,19)/t9-,11-/m0/s1. The van der Waals surface area contributed by atoms with E-state index in [1.165, 1.54) is 0 Å². The Morgan fingerprint density at radius 3 is 2.85 bits per heavy atom. The van der Waals surface area contributed by atoms with Gasteiger partial charge in [-0.05, 0) is 18.2 Å². The number of carboxylic acid groups (broad SMARTS) is 1. The summed E-state index contributed by atoms with van der Waals surface area (Å²) in [5, 5.41) is 18.5. The van der Waals surface area contributed by atoms with Crippen molar-refractivity contribution in [2.24, 2.45) is 0 Å². The van der Waals surface area contributed by atoms with Gasteiger partial charge in [0.05, 0.1) is 6.10 Å². The highest BCUT2D eigenvalue weighted by atomic mass is 79.9. The first-order valence-corrected chi connectivity index (χ1v) is 6.85. The van der Waals surface area contributed by atoms with Gasteiger partial charge in [0.25, 0.3) is 5.91 Å². The van der Waals surface area contributed by atoms with Gasteiger partial charge in [-0.15, -0.1) is 0 Å². The van der Waals surface area contributed by atoms with Gasteiger partial charge < -0.3 is 19.8 Å². The van der Waals surface area contributed by atoms with Gasteiger partial charge in [-0.2, -0.15) is 0 Å². The Labute approximate surface area is 124 Å². The van der Waals surface area contributed by atoms with Crippen LogP contribution in [0.15, 0.2) is 28.7 Å². The number of rotatable bonds is 4. The molecule has 1 amide bonds. The molecular weight excluding hydrogens is 330 g/mol. The molecule has 1 aliphatic heterocycles. The van der Waals surface area contributed by atoms with Crippen LogP contribution in [0, 0.1) is 0 Å².